The maximum atomic E-state index is 9.52. The molecule has 0 N–H and O–H groups in total. The largest absolute Gasteiger partial charge is 0.455 e. The van der Waals surface area contributed by atoms with Crippen LogP contribution in [-0.4, -0.2) is 17.6 Å². The van der Waals surface area contributed by atoms with Gasteiger partial charge in [0, 0.05) is 10.8 Å². The quantitative estimate of drug-likeness (QED) is 0.174. The number of rotatable bonds is 6. The van der Waals surface area contributed by atoms with Gasteiger partial charge in [-0.3, -0.25) is 4.57 Å². The number of hydrogen-bond donors (Lipinski definition) is 0. The van der Waals surface area contributed by atoms with Crippen LogP contribution >= 0.6 is 0 Å². The standard InChI is InChI=1S/C41H39N3OSi/c1-25(2)34-22-29(28-16-18-30(19-17-28)46(5,6)7)23-35(26(3)4)39(34)44-37-14-9-8-13-36(37)43-41(44)33-12-10-11-32-31-20-15-27(24-42)21-38(31)45-40(32)33/h8-23,25-26H,1-7H3. The van der Waals surface area contributed by atoms with Gasteiger partial charge in [0.05, 0.1) is 42.0 Å². The topological polar surface area (TPSA) is 54.8 Å². The fraction of sp³-hybridized carbons (Fsp3) is 0.220. The zero-order chi connectivity index (χ0) is 32.3. The minimum Gasteiger partial charge on any atom is -0.455 e. The first-order valence-corrected chi connectivity index (χ1v) is 19.7. The third-order valence-electron chi connectivity index (χ3n) is 9.15. The molecule has 5 heteroatoms. The normalized spacial score (nSPS) is 12.2. The summed E-state index contributed by atoms with van der Waals surface area (Å²) >= 11 is 0. The number of aromatic nitrogens is 2. The minimum absolute atomic E-state index is 0.272. The van der Waals surface area contributed by atoms with E-state index in [2.05, 4.69) is 137 Å². The van der Waals surface area contributed by atoms with E-state index in [-0.39, 0.29) is 11.8 Å². The van der Waals surface area contributed by atoms with Gasteiger partial charge in [-0.1, -0.05) is 101 Å². The lowest BCUT2D eigenvalue weighted by Crippen LogP contribution is -2.37. The van der Waals surface area contributed by atoms with E-state index in [1.54, 1.807) is 0 Å². The lowest BCUT2D eigenvalue weighted by atomic mass is 9.88. The molecule has 0 bridgehead atoms. The van der Waals surface area contributed by atoms with Crippen molar-refractivity contribution >= 4 is 46.2 Å². The fourth-order valence-electron chi connectivity index (χ4n) is 6.62. The number of furan rings is 1. The maximum absolute atomic E-state index is 9.52. The summed E-state index contributed by atoms with van der Waals surface area (Å²) in [7, 11) is -1.39. The lowest BCUT2D eigenvalue weighted by Gasteiger charge is -2.24. The van der Waals surface area contributed by atoms with Gasteiger partial charge in [-0.25, -0.2) is 4.98 Å². The van der Waals surface area contributed by atoms with Crippen molar-refractivity contribution in [2.45, 2.75) is 59.2 Å². The van der Waals surface area contributed by atoms with E-state index in [0.717, 1.165) is 38.8 Å². The average molecular weight is 618 g/mol. The predicted molar refractivity (Wildman–Crippen MR) is 195 cm³/mol. The summed E-state index contributed by atoms with van der Waals surface area (Å²) in [6.45, 7) is 16.3. The van der Waals surface area contributed by atoms with E-state index in [0.29, 0.717) is 11.1 Å². The number of hydrogen-bond acceptors (Lipinski definition) is 3. The zero-order valence-electron chi connectivity index (χ0n) is 27.6. The Morgan fingerprint density at radius 3 is 2.09 bits per heavy atom. The first-order chi connectivity index (χ1) is 22.0. The molecule has 5 aromatic carbocycles. The van der Waals surface area contributed by atoms with E-state index in [1.807, 2.05) is 18.2 Å². The molecule has 0 aliphatic heterocycles. The SMILES string of the molecule is CC(C)c1cc(-c2ccc([Si](C)(C)C)cc2)cc(C(C)C)c1-n1c(-c2cccc3c2oc2cc(C#N)ccc23)nc2ccccc21. The van der Waals surface area contributed by atoms with Gasteiger partial charge < -0.3 is 4.42 Å². The second kappa shape index (κ2) is 11.2. The molecule has 0 aliphatic rings. The maximum Gasteiger partial charge on any atom is 0.149 e. The Morgan fingerprint density at radius 2 is 1.43 bits per heavy atom. The van der Waals surface area contributed by atoms with Crippen LogP contribution in [0.25, 0.3) is 61.2 Å². The molecule has 2 aromatic heterocycles. The summed E-state index contributed by atoms with van der Waals surface area (Å²) in [5.41, 5.74) is 11.3. The van der Waals surface area contributed by atoms with Crippen molar-refractivity contribution in [2.75, 3.05) is 0 Å². The molecule has 0 saturated carbocycles. The summed E-state index contributed by atoms with van der Waals surface area (Å²) in [6, 6.07) is 36.6. The van der Waals surface area contributed by atoms with Crippen molar-refractivity contribution in [3.8, 4) is 34.3 Å². The Hall–Kier alpha value is -4.92. The number of nitrogens with zero attached hydrogens (tertiary/aromatic N) is 3. The molecule has 0 saturated heterocycles. The molecule has 4 nitrogen and oxygen atoms in total. The Morgan fingerprint density at radius 1 is 0.739 bits per heavy atom. The van der Waals surface area contributed by atoms with Crippen LogP contribution in [0.4, 0.5) is 0 Å². The van der Waals surface area contributed by atoms with E-state index in [1.165, 1.54) is 33.1 Å². The molecule has 7 aromatic rings. The van der Waals surface area contributed by atoms with Crippen molar-refractivity contribution in [3.63, 3.8) is 0 Å². The van der Waals surface area contributed by atoms with Gasteiger partial charge in [-0.15, -0.1) is 0 Å². The average Bonchev–Trinajstić information content (AvgIpc) is 3.61. The highest BCUT2D eigenvalue weighted by atomic mass is 28.3. The summed E-state index contributed by atoms with van der Waals surface area (Å²) in [6.07, 6.45) is 0. The molecular formula is C41H39N3OSi. The first kappa shape index (κ1) is 29.8. The zero-order valence-corrected chi connectivity index (χ0v) is 28.6. The third-order valence-corrected chi connectivity index (χ3v) is 11.2. The van der Waals surface area contributed by atoms with Crippen molar-refractivity contribution in [1.82, 2.24) is 9.55 Å². The highest BCUT2D eigenvalue weighted by Gasteiger charge is 2.25. The Balaban J connectivity index is 1.52. The van der Waals surface area contributed by atoms with Gasteiger partial charge in [-0.05, 0) is 82.6 Å². The molecule has 0 aliphatic carbocycles. The summed E-state index contributed by atoms with van der Waals surface area (Å²) in [4.78, 5) is 5.28. The van der Waals surface area contributed by atoms with Gasteiger partial charge in [-0.2, -0.15) is 5.26 Å². The van der Waals surface area contributed by atoms with Crippen molar-refractivity contribution in [2.24, 2.45) is 0 Å². The van der Waals surface area contributed by atoms with Crippen molar-refractivity contribution < 1.29 is 4.42 Å². The van der Waals surface area contributed by atoms with Crippen LogP contribution < -0.4 is 5.19 Å². The van der Waals surface area contributed by atoms with Crippen LogP contribution in [0.2, 0.25) is 19.6 Å². The van der Waals surface area contributed by atoms with Crippen LogP contribution in [0.15, 0.2) is 101 Å². The van der Waals surface area contributed by atoms with Crippen LogP contribution in [0.1, 0.15) is 56.2 Å². The van der Waals surface area contributed by atoms with Crippen LogP contribution in [0.5, 0.6) is 0 Å². The summed E-state index contributed by atoms with van der Waals surface area (Å²) in [5, 5.41) is 13.0. The molecule has 0 fully saturated rings. The van der Waals surface area contributed by atoms with Gasteiger partial charge in [0.25, 0.3) is 0 Å². The smallest absolute Gasteiger partial charge is 0.149 e. The van der Waals surface area contributed by atoms with E-state index < -0.39 is 8.07 Å². The second-order valence-corrected chi connectivity index (χ2v) is 19.1. The molecule has 7 rings (SSSR count). The molecule has 2 heterocycles. The molecule has 0 spiro atoms. The lowest BCUT2D eigenvalue weighted by molar-refractivity contribution is 0.669. The van der Waals surface area contributed by atoms with E-state index >= 15 is 0 Å². The molecule has 0 amide bonds. The van der Waals surface area contributed by atoms with Gasteiger partial charge in [0.15, 0.2) is 0 Å². The van der Waals surface area contributed by atoms with Crippen molar-refractivity contribution in [1.29, 1.82) is 5.26 Å². The van der Waals surface area contributed by atoms with E-state index in [9.17, 15) is 5.26 Å². The molecule has 0 atom stereocenters. The van der Waals surface area contributed by atoms with Gasteiger partial charge in [0.1, 0.15) is 17.0 Å². The molecular weight excluding hydrogens is 579 g/mol. The second-order valence-electron chi connectivity index (χ2n) is 14.0. The number of benzene rings is 5. The summed E-state index contributed by atoms with van der Waals surface area (Å²) in [5.74, 6) is 1.39. The van der Waals surface area contributed by atoms with Crippen LogP contribution in [0, 0.1) is 11.3 Å². The molecule has 46 heavy (non-hydrogen) atoms. The van der Waals surface area contributed by atoms with Gasteiger partial charge in [0.2, 0.25) is 0 Å². The summed E-state index contributed by atoms with van der Waals surface area (Å²) < 4.78 is 8.89. The fourth-order valence-corrected chi connectivity index (χ4v) is 7.79. The Bertz CT molecular complexity index is 2280. The Labute approximate surface area is 272 Å². The van der Waals surface area contributed by atoms with Crippen LogP contribution in [-0.2, 0) is 0 Å². The molecule has 0 unspecified atom stereocenters. The Kier molecular flexibility index (Phi) is 7.22. The highest BCUT2D eigenvalue weighted by molar-refractivity contribution is 6.88. The minimum atomic E-state index is -1.39. The third kappa shape index (κ3) is 4.94. The highest BCUT2D eigenvalue weighted by Crippen LogP contribution is 2.42. The first-order valence-electron chi connectivity index (χ1n) is 16.2. The number of para-hydroxylation sites is 3. The number of nitriles is 1. The van der Waals surface area contributed by atoms with Crippen LogP contribution in [0.3, 0.4) is 0 Å². The van der Waals surface area contributed by atoms with Gasteiger partial charge >= 0.3 is 0 Å². The number of fused-ring (bicyclic) bond motifs is 4. The molecule has 228 valence electrons. The number of imidazole rings is 1. The van der Waals surface area contributed by atoms with Crippen molar-refractivity contribution in [3.05, 3.63) is 114 Å². The molecule has 0 radical (unpaired) electrons. The van der Waals surface area contributed by atoms with E-state index in [4.69, 9.17) is 9.40 Å². The monoisotopic (exact) mass is 617 g/mol. The predicted octanol–water partition coefficient (Wildman–Crippen LogP) is 10.9.